The lowest BCUT2D eigenvalue weighted by molar-refractivity contribution is -0.116. The van der Waals surface area contributed by atoms with E-state index in [4.69, 9.17) is 4.74 Å². The zero-order valence-corrected chi connectivity index (χ0v) is 14.2. The van der Waals surface area contributed by atoms with Crippen LogP contribution in [0.5, 0.6) is 0 Å². The summed E-state index contributed by atoms with van der Waals surface area (Å²) in [4.78, 5) is 36.8. The monoisotopic (exact) mass is 348 g/mol. The van der Waals surface area contributed by atoms with Crippen molar-refractivity contribution in [3.05, 3.63) is 34.8 Å². The second kappa shape index (κ2) is 7.65. The number of nitrogens with zero attached hydrogens (tertiary/aromatic N) is 1. The lowest BCUT2D eigenvalue weighted by Gasteiger charge is -2.19. The molecular formula is C16H20N4O5. The van der Waals surface area contributed by atoms with Crippen LogP contribution in [-0.4, -0.2) is 34.3 Å². The molecule has 1 heterocycles. The number of hydrogen-bond donors (Lipinski definition) is 3. The standard InChI is InChI=1S/C16H20N4O5/c1-16(2,3)24-14(22)17-8-7-12(21)18-11-6-4-5-10(9-11)13-19-15(23)25-20-13/h4-6,9H,7-8H2,1-3H3,(H,17,22)(H,18,21)(H,19,20,23). The van der Waals surface area contributed by atoms with Crippen LogP contribution in [0.25, 0.3) is 11.4 Å². The van der Waals surface area contributed by atoms with Gasteiger partial charge in [0.1, 0.15) is 5.60 Å². The number of rotatable bonds is 5. The minimum absolute atomic E-state index is 0.0876. The fourth-order valence-electron chi connectivity index (χ4n) is 1.91. The predicted octanol–water partition coefficient (Wildman–Crippen LogP) is 1.88. The molecule has 3 N–H and O–H groups in total. The molecule has 25 heavy (non-hydrogen) atoms. The summed E-state index contributed by atoms with van der Waals surface area (Å²) < 4.78 is 9.53. The van der Waals surface area contributed by atoms with Gasteiger partial charge in [0.05, 0.1) is 0 Å². The van der Waals surface area contributed by atoms with E-state index >= 15 is 0 Å². The second-order valence-corrected chi connectivity index (χ2v) is 6.25. The van der Waals surface area contributed by atoms with Crippen LogP contribution in [0.2, 0.25) is 0 Å². The van der Waals surface area contributed by atoms with Gasteiger partial charge in [-0.2, -0.15) is 0 Å². The molecule has 0 saturated heterocycles. The number of carbonyl (C=O) groups excluding carboxylic acids is 2. The smallest absolute Gasteiger partial charge is 0.439 e. The topological polar surface area (TPSA) is 126 Å². The van der Waals surface area contributed by atoms with Crippen LogP contribution < -0.4 is 16.4 Å². The average molecular weight is 348 g/mol. The van der Waals surface area contributed by atoms with Crippen molar-refractivity contribution in [1.29, 1.82) is 0 Å². The van der Waals surface area contributed by atoms with E-state index in [2.05, 4.69) is 25.3 Å². The summed E-state index contributed by atoms with van der Waals surface area (Å²) in [5.41, 5.74) is 0.536. The van der Waals surface area contributed by atoms with E-state index in [-0.39, 0.29) is 24.7 Å². The van der Waals surface area contributed by atoms with Crippen LogP contribution in [0, 0.1) is 0 Å². The second-order valence-electron chi connectivity index (χ2n) is 6.25. The normalized spacial score (nSPS) is 11.0. The molecule has 0 aliphatic carbocycles. The van der Waals surface area contributed by atoms with E-state index in [1.165, 1.54) is 0 Å². The maximum Gasteiger partial charge on any atom is 0.439 e. The third kappa shape index (κ3) is 6.13. The molecule has 0 atom stereocenters. The number of alkyl carbamates (subject to hydrolysis) is 1. The number of ether oxygens (including phenoxy) is 1. The van der Waals surface area contributed by atoms with Gasteiger partial charge >= 0.3 is 11.8 Å². The molecule has 1 aromatic carbocycles. The Morgan fingerprint density at radius 3 is 2.72 bits per heavy atom. The number of hydrogen-bond acceptors (Lipinski definition) is 6. The minimum Gasteiger partial charge on any atom is -0.444 e. The van der Waals surface area contributed by atoms with Gasteiger partial charge in [-0.1, -0.05) is 17.3 Å². The van der Waals surface area contributed by atoms with Crippen LogP contribution in [-0.2, 0) is 9.53 Å². The molecule has 0 unspecified atom stereocenters. The Morgan fingerprint density at radius 1 is 1.32 bits per heavy atom. The molecule has 1 aromatic heterocycles. The number of nitrogens with one attached hydrogen (secondary N) is 3. The number of benzene rings is 1. The van der Waals surface area contributed by atoms with Gasteiger partial charge in [-0.25, -0.2) is 9.59 Å². The molecule has 0 radical (unpaired) electrons. The maximum atomic E-state index is 11.9. The van der Waals surface area contributed by atoms with Gasteiger partial charge in [-0.15, -0.1) is 0 Å². The molecule has 9 nitrogen and oxygen atoms in total. The largest absolute Gasteiger partial charge is 0.444 e. The van der Waals surface area contributed by atoms with Crippen LogP contribution in [0.4, 0.5) is 10.5 Å². The Bertz CT molecular complexity index is 803. The molecule has 9 heteroatoms. The molecule has 2 aromatic rings. The fraction of sp³-hybridized carbons (Fsp3) is 0.375. The Hall–Kier alpha value is -3.10. The third-order valence-electron chi connectivity index (χ3n) is 2.88. The Morgan fingerprint density at radius 2 is 2.08 bits per heavy atom. The van der Waals surface area contributed by atoms with Crippen molar-refractivity contribution in [2.45, 2.75) is 32.8 Å². The lowest BCUT2D eigenvalue weighted by atomic mass is 10.2. The number of H-pyrrole nitrogens is 1. The number of carbonyl (C=O) groups is 2. The van der Waals surface area contributed by atoms with Crippen LogP contribution in [0.1, 0.15) is 27.2 Å². The first kappa shape index (κ1) is 18.2. The van der Waals surface area contributed by atoms with Gasteiger partial charge in [0, 0.05) is 24.2 Å². The highest BCUT2D eigenvalue weighted by Gasteiger charge is 2.16. The highest BCUT2D eigenvalue weighted by Crippen LogP contribution is 2.18. The van der Waals surface area contributed by atoms with E-state index < -0.39 is 17.5 Å². The molecule has 0 aliphatic rings. The Kier molecular flexibility index (Phi) is 5.58. The molecular weight excluding hydrogens is 328 g/mol. The Balaban J connectivity index is 1.85. The first-order valence-electron chi connectivity index (χ1n) is 7.66. The van der Waals surface area contributed by atoms with Crippen molar-refractivity contribution in [3.63, 3.8) is 0 Å². The molecule has 2 amide bonds. The number of aromatic amines is 1. The van der Waals surface area contributed by atoms with Gasteiger partial charge in [0.2, 0.25) is 5.91 Å². The van der Waals surface area contributed by atoms with Crippen molar-refractivity contribution in [2.24, 2.45) is 0 Å². The van der Waals surface area contributed by atoms with E-state index in [1.54, 1.807) is 45.0 Å². The zero-order chi connectivity index (χ0) is 18.4. The zero-order valence-electron chi connectivity index (χ0n) is 14.2. The molecule has 0 fully saturated rings. The first-order valence-corrected chi connectivity index (χ1v) is 7.66. The summed E-state index contributed by atoms with van der Waals surface area (Å²) in [5, 5.41) is 8.80. The summed E-state index contributed by atoms with van der Waals surface area (Å²) in [7, 11) is 0. The summed E-state index contributed by atoms with van der Waals surface area (Å²) in [6, 6.07) is 6.76. The molecule has 0 saturated carbocycles. The van der Waals surface area contributed by atoms with E-state index in [0.717, 1.165) is 0 Å². The van der Waals surface area contributed by atoms with Crippen molar-refractivity contribution in [2.75, 3.05) is 11.9 Å². The molecule has 0 aliphatic heterocycles. The van der Waals surface area contributed by atoms with Crippen molar-refractivity contribution in [1.82, 2.24) is 15.5 Å². The maximum absolute atomic E-state index is 11.9. The van der Waals surface area contributed by atoms with Gasteiger partial charge in [-0.05, 0) is 32.9 Å². The van der Waals surface area contributed by atoms with Crippen LogP contribution in [0.3, 0.4) is 0 Å². The van der Waals surface area contributed by atoms with Gasteiger partial charge in [-0.3, -0.25) is 14.3 Å². The van der Waals surface area contributed by atoms with E-state index in [9.17, 15) is 14.4 Å². The highest BCUT2D eigenvalue weighted by molar-refractivity contribution is 5.91. The highest BCUT2D eigenvalue weighted by atomic mass is 16.6. The van der Waals surface area contributed by atoms with Crippen molar-refractivity contribution in [3.8, 4) is 11.4 Å². The summed E-state index contributed by atoms with van der Waals surface area (Å²) in [5.74, 6) is -0.660. The summed E-state index contributed by atoms with van der Waals surface area (Å²) >= 11 is 0. The van der Waals surface area contributed by atoms with E-state index in [1.807, 2.05) is 0 Å². The van der Waals surface area contributed by atoms with Crippen LogP contribution in [0.15, 0.2) is 33.6 Å². The molecule has 2 rings (SSSR count). The summed E-state index contributed by atoms with van der Waals surface area (Å²) in [6.07, 6.45) is -0.484. The van der Waals surface area contributed by atoms with Gasteiger partial charge in [0.25, 0.3) is 0 Å². The Labute approximate surface area is 143 Å². The third-order valence-corrected chi connectivity index (χ3v) is 2.88. The molecule has 0 bridgehead atoms. The van der Waals surface area contributed by atoms with Crippen LogP contribution >= 0.6 is 0 Å². The lowest BCUT2D eigenvalue weighted by Crippen LogP contribution is -2.34. The predicted molar refractivity (Wildman–Crippen MR) is 90.0 cm³/mol. The average Bonchev–Trinajstić information content (AvgIpc) is 2.92. The quantitative estimate of drug-likeness (QED) is 0.757. The number of amides is 2. The number of aromatic nitrogens is 2. The van der Waals surface area contributed by atoms with Crippen molar-refractivity contribution >= 4 is 17.7 Å². The summed E-state index contributed by atoms with van der Waals surface area (Å²) in [6.45, 7) is 5.42. The first-order chi connectivity index (χ1) is 11.7. The fourth-order valence-corrected chi connectivity index (χ4v) is 1.91. The van der Waals surface area contributed by atoms with Gasteiger partial charge < -0.3 is 15.4 Å². The molecule has 134 valence electrons. The molecule has 0 spiro atoms. The number of anilines is 1. The van der Waals surface area contributed by atoms with E-state index in [0.29, 0.717) is 11.3 Å². The SMILES string of the molecule is CC(C)(C)OC(=O)NCCC(=O)Nc1cccc(-c2noc(=O)[nH]2)c1. The van der Waals surface area contributed by atoms with Gasteiger partial charge in [0.15, 0.2) is 5.82 Å². The van der Waals surface area contributed by atoms with Crippen molar-refractivity contribution < 1.29 is 18.8 Å². The minimum atomic E-state index is -0.655.